The summed E-state index contributed by atoms with van der Waals surface area (Å²) in [7, 11) is 0. The molecule has 24 heavy (non-hydrogen) atoms. The van der Waals surface area contributed by atoms with E-state index >= 15 is 0 Å². The van der Waals surface area contributed by atoms with Gasteiger partial charge in [-0.25, -0.2) is 0 Å². The van der Waals surface area contributed by atoms with E-state index in [-0.39, 0.29) is 39.1 Å². The molecule has 114 valence electrons. The van der Waals surface area contributed by atoms with Crippen molar-refractivity contribution in [3.8, 4) is 12.1 Å². The van der Waals surface area contributed by atoms with Crippen LogP contribution in [0.25, 0.3) is 11.6 Å². The lowest BCUT2D eigenvalue weighted by atomic mass is 9.87. The van der Waals surface area contributed by atoms with Crippen molar-refractivity contribution in [2.75, 3.05) is 0 Å². The van der Waals surface area contributed by atoms with E-state index in [1.807, 2.05) is 0 Å². The van der Waals surface area contributed by atoms with Gasteiger partial charge >= 0.3 is 5.70 Å². The summed E-state index contributed by atoms with van der Waals surface area (Å²) in [5, 5.41) is 40.4. The molecule has 0 spiro atoms. The summed E-state index contributed by atoms with van der Waals surface area (Å²) < 4.78 is 0. The van der Waals surface area contributed by atoms with Gasteiger partial charge in [0, 0.05) is 34.9 Å². The predicted octanol–water partition coefficient (Wildman–Crippen LogP) is 1.88. The van der Waals surface area contributed by atoms with Crippen molar-refractivity contribution in [2.45, 2.75) is 0 Å². The molecule has 0 amide bonds. The molecule has 0 aromatic heterocycles. The van der Waals surface area contributed by atoms with Gasteiger partial charge in [0.2, 0.25) is 0 Å². The number of carbonyl (C=O) groups excluding carboxylic acids is 1. The molecule has 0 unspecified atom stereocenters. The van der Waals surface area contributed by atoms with E-state index < -0.39 is 21.3 Å². The third-order valence-electron chi connectivity index (χ3n) is 3.65. The number of non-ortho nitro benzene ring substituents is 1. The maximum absolute atomic E-state index is 12.3. The topological polar surface area (TPSA) is 151 Å². The van der Waals surface area contributed by atoms with Crippen LogP contribution in [0.5, 0.6) is 0 Å². The molecule has 0 saturated heterocycles. The van der Waals surface area contributed by atoms with Gasteiger partial charge in [0.05, 0.1) is 21.0 Å². The van der Waals surface area contributed by atoms with Crippen LogP contribution < -0.4 is 0 Å². The van der Waals surface area contributed by atoms with Gasteiger partial charge in [0.15, 0.2) is 0 Å². The summed E-state index contributed by atoms with van der Waals surface area (Å²) >= 11 is 0. The first-order valence-corrected chi connectivity index (χ1v) is 6.39. The van der Waals surface area contributed by atoms with Crippen molar-refractivity contribution in [1.29, 1.82) is 10.5 Å². The number of nitro benzene ring substituents is 1. The number of nitro groups is 2. The Balaban J connectivity index is 2.38. The van der Waals surface area contributed by atoms with E-state index in [0.29, 0.717) is 0 Å². The fraction of sp³-hybridized carbons (Fsp3) is 0. The van der Waals surface area contributed by atoms with Crippen LogP contribution in [0.15, 0.2) is 35.1 Å². The number of Topliss-reactive ketones (excluding diaryl/α,β-unsaturated/α-hetero) is 1. The minimum atomic E-state index is -0.906. The highest BCUT2D eigenvalue weighted by Crippen LogP contribution is 2.44. The smallest absolute Gasteiger partial charge is 0.282 e. The Kier molecular flexibility index (Phi) is 3.07. The van der Waals surface area contributed by atoms with Gasteiger partial charge in [-0.15, -0.1) is 0 Å². The van der Waals surface area contributed by atoms with Crippen molar-refractivity contribution in [1.82, 2.24) is 0 Å². The van der Waals surface area contributed by atoms with Crippen LogP contribution in [0.3, 0.4) is 0 Å². The van der Waals surface area contributed by atoms with Gasteiger partial charge in [0.1, 0.15) is 12.1 Å². The summed E-state index contributed by atoms with van der Waals surface area (Å²) in [5.74, 6) is -0.906. The van der Waals surface area contributed by atoms with Crippen LogP contribution in [0, 0.1) is 42.9 Å². The lowest BCUT2D eigenvalue weighted by Crippen LogP contribution is -2.18. The Morgan fingerprint density at radius 2 is 1.71 bits per heavy atom. The summed E-state index contributed by atoms with van der Waals surface area (Å²) in [6.45, 7) is 0. The van der Waals surface area contributed by atoms with Crippen molar-refractivity contribution >= 4 is 23.1 Å². The molecule has 0 N–H and O–H groups in total. The average molecular weight is 320 g/mol. The Bertz CT molecular complexity index is 1050. The number of hydrogen-bond donors (Lipinski definition) is 0. The second kappa shape index (κ2) is 4.97. The number of nitriles is 2. The van der Waals surface area contributed by atoms with Crippen LogP contribution in [0.2, 0.25) is 0 Å². The number of allylic oxidation sites excluding steroid dienone is 4. The Labute approximate surface area is 133 Å². The zero-order valence-corrected chi connectivity index (χ0v) is 11.6. The van der Waals surface area contributed by atoms with Crippen LogP contribution >= 0.6 is 0 Å². The standard InChI is InChI=1S/C15H4N4O5/c16-5-8-2-10(18(21)22)1-7-3-11-14(13(7)8)9(6-17)4-12(15(11)20)19(23)24/h1-4H. The molecule has 0 radical (unpaired) electrons. The van der Waals surface area contributed by atoms with E-state index in [0.717, 1.165) is 18.2 Å². The fourth-order valence-electron chi connectivity index (χ4n) is 2.69. The molecule has 9 heteroatoms. The zero-order valence-electron chi connectivity index (χ0n) is 11.6. The van der Waals surface area contributed by atoms with E-state index in [2.05, 4.69) is 0 Å². The molecule has 1 aromatic carbocycles. The van der Waals surface area contributed by atoms with E-state index in [4.69, 9.17) is 0 Å². The quantitative estimate of drug-likeness (QED) is 0.595. The lowest BCUT2D eigenvalue weighted by molar-refractivity contribution is -0.418. The molecule has 0 fully saturated rings. The van der Waals surface area contributed by atoms with Crippen molar-refractivity contribution in [2.24, 2.45) is 0 Å². The number of fused-ring (bicyclic) bond motifs is 3. The van der Waals surface area contributed by atoms with E-state index in [9.17, 15) is 35.5 Å². The second-order valence-corrected chi connectivity index (χ2v) is 4.90. The Morgan fingerprint density at radius 3 is 2.25 bits per heavy atom. The van der Waals surface area contributed by atoms with Crippen molar-refractivity contribution in [3.63, 3.8) is 0 Å². The van der Waals surface area contributed by atoms with Gasteiger partial charge in [0.25, 0.3) is 11.5 Å². The minimum Gasteiger partial charge on any atom is -0.282 e. The molecule has 2 aliphatic carbocycles. The van der Waals surface area contributed by atoms with Gasteiger partial charge in [-0.2, -0.15) is 10.5 Å². The molecule has 2 aliphatic rings. The van der Waals surface area contributed by atoms with Gasteiger partial charge in [-0.05, 0) is 11.6 Å². The zero-order chi connectivity index (χ0) is 17.6. The number of ketones is 1. The Morgan fingerprint density at radius 1 is 1.00 bits per heavy atom. The fourth-order valence-corrected chi connectivity index (χ4v) is 2.69. The van der Waals surface area contributed by atoms with Gasteiger partial charge in [-0.1, -0.05) is 0 Å². The molecule has 3 rings (SSSR count). The summed E-state index contributed by atoms with van der Waals surface area (Å²) in [5.41, 5.74) is -0.971. The summed E-state index contributed by atoms with van der Waals surface area (Å²) in [6, 6.07) is 5.77. The highest BCUT2D eigenvalue weighted by molar-refractivity contribution is 6.26. The van der Waals surface area contributed by atoms with Crippen LogP contribution in [0.4, 0.5) is 5.69 Å². The number of benzene rings is 1. The van der Waals surface area contributed by atoms with Gasteiger partial charge < -0.3 is 0 Å². The molecule has 1 aromatic rings. The first-order valence-electron chi connectivity index (χ1n) is 6.39. The molecule has 9 nitrogen and oxygen atoms in total. The molecule has 0 aliphatic heterocycles. The van der Waals surface area contributed by atoms with Crippen LogP contribution in [0.1, 0.15) is 16.7 Å². The average Bonchev–Trinajstić information content (AvgIpc) is 2.94. The molecular weight excluding hydrogens is 316 g/mol. The van der Waals surface area contributed by atoms with Crippen molar-refractivity contribution in [3.05, 3.63) is 72.0 Å². The monoisotopic (exact) mass is 320 g/mol. The molecular formula is C15H4N4O5. The summed E-state index contributed by atoms with van der Waals surface area (Å²) in [6.07, 6.45) is 2.08. The first-order chi connectivity index (χ1) is 11.4. The molecule has 0 atom stereocenters. The molecule has 0 bridgehead atoms. The highest BCUT2D eigenvalue weighted by Gasteiger charge is 2.39. The predicted molar refractivity (Wildman–Crippen MR) is 78.4 cm³/mol. The van der Waals surface area contributed by atoms with E-state index in [1.54, 1.807) is 12.1 Å². The highest BCUT2D eigenvalue weighted by atomic mass is 16.6. The maximum Gasteiger partial charge on any atom is 0.318 e. The number of nitrogens with zero attached hydrogens (tertiary/aromatic N) is 4. The number of carbonyl (C=O) groups is 1. The molecule has 0 saturated carbocycles. The van der Waals surface area contributed by atoms with Gasteiger partial charge in [-0.3, -0.25) is 25.0 Å². The third kappa shape index (κ3) is 1.90. The van der Waals surface area contributed by atoms with Crippen LogP contribution in [-0.2, 0) is 4.79 Å². The van der Waals surface area contributed by atoms with E-state index in [1.165, 1.54) is 6.08 Å². The second-order valence-electron chi connectivity index (χ2n) is 4.90. The lowest BCUT2D eigenvalue weighted by Gasteiger charge is -2.12. The molecule has 0 heterocycles. The largest absolute Gasteiger partial charge is 0.318 e. The number of rotatable bonds is 2. The van der Waals surface area contributed by atoms with Crippen LogP contribution in [-0.4, -0.2) is 15.6 Å². The van der Waals surface area contributed by atoms with Crippen molar-refractivity contribution < 1.29 is 14.6 Å². The maximum atomic E-state index is 12.3. The first kappa shape index (κ1) is 14.8. The Hall–Kier alpha value is -4.11. The minimum absolute atomic E-state index is 0.0843. The third-order valence-corrected chi connectivity index (χ3v) is 3.65. The summed E-state index contributed by atoms with van der Waals surface area (Å²) in [4.78, 5) is 32.6. The SMILES string of the molecule is N#CC1=C2C(=Cc3cc([N+](=O)[O-])cc(C#N)c32)C(=O)C([N+](=O)[O-])=C1. The number of hydrogen-bond acceptors (Lipinski definition) is 7. The normalized spacial score (nSPS) is 14.8.